The van der Waals surface area contributed by atoms with E-state index in [0.717, 1.165) is 0 Å². The van der Waals surface area contributed by atoms with E-state index in [4.69, 9.17) is 22.1 Å². The van der Waals surface area contributed by atoms with Gasteiger partial charge in [-0.1, -0.05) is 11.6 Å². The maximum Gasteiger partial charge on any atom is 0.262 e. The first-order chi connectivity index (χ1) is 10.1. The Balaban J connectivity index is 1.92. The van der Waals surface area contributed by atoms with Gasteiger partial charge >= 0.3 is 0 Å². The SMILES string of the molecule is Nc1cc(C=O)ccc1OCC(=O)Nc1ccc(Cl)cc1. The van der Waals surface area contributed by atoms with Crippen LogP contribution in [0.25, 0.3) is 0 Å². The fourth-order valence-electron chi connectivity index (χ4n) is 1.65. The van der Waals surface area contributed by atoms with E-state index in [2.05, 4.69) is 5.32 Å². The Morgan fingerprint density at radius 3 is 2.57 bits per heavy atom. The van der Waals surface area contributed by atoms with Crippen LogP contribution in [0.5, 0.6) is 5.75 Å². The van der Waals surface area contributed by atoms with Crippen LogP contribution in [-0.4, -0.2) is 18.8 Å². The highest BCUT2D eigenvalue weighted by molar-refractivity contribution is 6.30. The number of nitrogens with one attached hydrogen (secondary N) is 1. The Morgan fingerprint density at radius 2 is 1.95 bits per heavy atom. The average molecular weight is 305 g/mol. The summed E-state index contributed by atoms with van der Waals surface area (Å²) in [6.07, 6.45) is 0.688. The van der Waals surface area contributed by atoms with Crippen molar-refractivity contribution in [3.05, 3.63) is 53.1 Å². The van der Waals surface area contributed by atoms with Crippen LogP contribution in [0.15, 0.2) is 42.5 Å². The molecule has 0 atom stereocenters. The number of carbonyl (C=O) groups is 2. The lowest BCUT2D eigenvalue weighted by Gasteiger charge is -2.09. The summed E-state index contributed by atoms with van der Waals surface area (Å²) >= 11 is 5.76. The summed E-state index contributed by atoms with van der Waals surface area (Å²) in [4.78, 5) is 22.3. The second-order valence-corrected chi connectivity index (χ2v) is 4.70. The number of hydrogen-bond donors (Lipinski definition) is 2. The molecule has 0 aliphatic rings. The number of benzene rings is 2. The zero-order valence-corrected chi connectivity index (χ0v) is 11.8. The van der Waals surface area contributed by atoms with Crippen LogP contribution in [0.4, 0.5) is 11.4 Å². The molecule has 3 N–H and O–H groups in total. The van der Waals surface area contributed by atoms with Crippen molar-refractivity contribution in [2.24, 2.45) is 0 Å². The van der Waals surface area contributed by atoms with Crippen LogP contribution < -0.4 is 15.8 Å². The molecule has 21 heavy (non-hydrogen) atoms. The van der Waals surface area contributed by atoms with Gasteiger partial charge in [-0.05, 0) is 42.5 Å². The topological polar surface area (TPSA) is 81.4 Å². The average Bonchev–Trinajstić information content (AvgIpc) is 2.48. The second kappa shape index (κ2) is 6.76. The molecule has 0 unspecified atom stereocenters. The molecule has 0 aliphatic carbocycles. The van der Waals surface area contributed by atoms with Crippen LogP contribution in [-0.2, 0) is 4.79 Å². The molecule has 0 bridgehead atoms. The summed E-state index contributed by atoms with van der Waals surface area (Å²) in [5.74, 6) is 0.0306. The third-order valence-corrected chi connectivity index (χ3v) is 2.91. The molecule has 2 aromatic rings. The van der Waals surface area contributed by atoms with Crippen molar-refractivity contribution in [3.8, 4) is 5.75 Å². The highest BCUT2D eigenvalue weighted by Crippen LogP contribution is 2.21. The van der Waals surface area contributed by atoms with Crippen LogP contribution >= 0.6 is 11.6 Å². The second-order valence-electron chi connectivity index (χ2n) is 4.26. The molecule has 0 heterocycles. The predicted molar refractivity (Wildman–Crippen MR) is 81.8 cm³/mol. The van der Waals surface area contributed by atoms with Gasteiger partial charge < -0.3 is 15.8 Å². The standard InChI is InChI=1S/C15H13ClN2O3/c16-11-2-4-12(5-3-11)18-15(20)9-21-14-6-1-10(8-19)7-13(14)17/h1-8H,9,17H2,(H,18,20). The van der Waals surface area contributed by atoms with Crippen LogP contribution in [0.1, 0.15) is 10.4 Å². The van der Waals surface area contributed by atoms with E-state index in [-0.39, 0.29) is 12.5 Å². The summed E-state index contributed by atoms with van der Waals surface area (Å²) in [7, 11) is 0. The predicted octanol–water partition coefficient (Wildman–Crippen LogP) is 2.75. The fraction of sp³-hybridized carbons (Fsp3) is 0.0667. The summed E-state index contributed by atoms with van der Waals surface area (Å²) in [5, 5.41) is 3.25. The third kappa shape index (κ3) is 4.22. The fourth-order valence-corrected chi connectivity index (χ4v) is 1.77. The van der Waals surface area contributed by atoms with Crippen molar-refractivity contribution in [1.82, 2.24) is 0 Å². The molecule has 2 aromatic carbocycles. The molecule has 0 spiro atoms. The van der Waals surface area contributed by atoms with Crippen molar-refractivity contribution in [3.63, 3.8) is 0 Å². The van der Waals surface area contributed by atoms with Crippen molar-refractivity contribution >= 4 is 35.2 Å². The lowest BCUT2D eigenvalue weighted by Crippen LogP contribution is -2.20. The van der Waals surface area contributed by atoms with Crippen molar-refractivity contribution < 1.29 is 14.3 Å². The number of amides is 1. The van der Waals surface area contributed by atoms with Gasteiger partial charge in [0.1, 0.15) is 12.0 Å². The number of aldehydes is 1. The van der Waals surface area contributed by atoms with Gasteiger partial charge in [-0.2, -0.15) is 0 Å². The molecule has 0 aromatic heterocycles. The van der Waals surface area contributed by atoms with E-state index in [1.165, 1.54) is 6.07 Å². The Kier molecular flexibility index (Phi) is 4.79. The molecule has 108 valence electrons. The highest BCUT2D eigenvalue weighted by atomic mass is 35.5. The smallest absolute Gasteiger partial charge is 0.262 e. The van der Waals surface area contributed by atoms with Gasteiger partial charge in [0.25, 0.3) is 5.91 Å². The first-order valence-corrected chi connectivity index (χ1v) is 6.49. The molecule has 0 aliphatic heterocycles. The molecule has 1 amide bonds. The zero-order valence-electron chi connectivity index (χ0n) is 11.0. The van der Waals surface area contributed by atoms with Gasteiger partial charge in [0.15, 0.2) is 6.61 Å². The number of rotatable bonds is 5. The van der Waals surface area contributed by atoms with Gasteiger partial charge in [-0.25, -0.2) is 0 Å². The minimum atomic E-state index is -0.323. The summed E-state index contributed by atoms with van der Waals surface area (Å²) in [6, 6.07) is 11.3. The van der Waals surface area contributed by atoms with E-state index in [0.29, 0.717) is 34.0 Å². The lowest BCUT2D eigenvalue weighted by molar-refractivity contribution is -0.118. The number of anilines is 2. The summed E-state index contributed by atoms with van der Waals surface area (Å²) in [6.45, 7) is -0.187. The van der Waals surface area contributed by atoms with Crippen molar-refractivity contribution in [2.75, 3.05) is 17.7 Å². The maximum atomic E-state index is 11.7. The van der Waals surface area contributed by atoms with Crippen LogP contribution in [0.2, 0.25) is 5.02 Å². The normalized spacial score (nSPS) is 9.95. The Morgan fingerprint density at radius 1 is 1.24 bits per heavy atom. The first kappa shape index (κ1) is 14.9. The Labute approximate surface area is 126 Å². The number of nitrogen functional groups attached to an aromatic ring is 1. The number of carbonyl (C=O) groups excluding carboxylic acids is 2. The molecular weight excluding hydrogens is 292 g/mol. The lowest BCUT2D eigenvalue weighted by atomic mass is 10.2. The van der Waals surface area contributed by atoms with Gasteiger partial charge in [0, 0.05) is 16.3 Å². The van der Waals surface area contributed by atoms with E-state index >= 15 is 0 Å². The molecule has 2 rings (SSSR count). The van der Waals surface area contributed by atoms with E-state index < -0.39 is 0 Å². The van der Waals surface area contributed by atoms with Gasteiger partial charge in [0.05, 0.1) is 5.69 Å². The summed E-state index contributed by atoms with van der Waals surface area (Å²) in [5.41, 5.74) is 7.10. The number of hydrogen-bond acceptors (Lipinski definition) is 4. The molecule has 6 heteroatoms. The molecule has 0 saturated carbocycles. The van der Waals surface area contributed by atoms with Gasteiger partial charge in [-0.15, -0.1) is 0 Å². The summed E-state index contributed by atoms with van der Waals surface area (Å²) < 4.78 is 5.31. The van der Waals surface area contributed by atoms with Crippen LogP contribution in [0.3, 0.4) is 0 Å². The van der Waals surface area contributed by atoms with E-state index in [9.17, 15) is 9.59 Å². The van der Waals surface area contributed by atoms with Gasteiger partial charge in [-0.3, -0.25) is 9.59 Å². The molecule has 0 saturated heterocycles. The Hall–Kier alpha value is -2.53. The number of nitrogens with two attached hydrogens (primary N) is 1. The number of halogens is 1. The maximum absolute atomic E-state index is 11.7. The van der Waals surface area contributed by atoms with Crippen molar-refractivity contribution in [2.45, 2.75) is 0 Å². The van der Waals surface area contributed by atoms with Crippen molar-refractivity contribution in [1.29, 1.82) is 0 Å². The molecule has 0 radical (unpaired) electrons. The van der Waals surface area contributed by atoms with Gasteiger partial charge in [0.2, 0.25) is 0 Å². The monoisotopic (exact) mass is 304 g/mol. The highest BCUT2D eigenvalue weighted by Gasteiger charge is 2.06. The first-order valence-electron chi connectivity index (χ1n) is 6.11. The van der Waals surface area contributed by atoms with E-state index in [1.54, 1.807) is 36.4 Å². The molecule has 0 fully saturated rings. The molecular formula is C15H13ClN2O3. The third-order valence-electron chi connectivity index (χ3n) is 2.66. The minimum absolute atomic E-state index is 0.187. The minimum Gasteiger partial charge on any atom is -0.482 e. The van der Waals surface area contributed by atoms with Crippen LogP contribution in [0, 0.1) is 0 Å². The largest absolute Gasteiger partial charge is 0.482 e. The quantitative estimate of drug-likeness (QED) is 0.657. The zero-order chi connectivity index (χ0) is 15.2. The Bertz CT molecular complexity index is 656. The number of ether oxygens (including phenoxy) is 1. The molecule has 5 nitrogen and oxygen atoms in total. The van der Waals surface area contributed by atoms with E-state index in [1.807, 2.05) is 0 Å².